The van der Waals surface area contributed by atoms with Crippen LogP contribution in [0.2, 0.25) is 0 Å². The zero-order chi connectivity index (χ0) is 12.5. The molecule has 1 fully saturated rings. The number of anilines is 2. The highest BCUT2D eigenvalue weighted by Crippen LogP contribution is 2.33. The van der Waals surface area contributed by atoms with Crippen LogP contribution >= 0.6 is 0 Å². The van der Waals surface area contributed by atoms with Gasteiger partial charge in [-0.25, -0.2) is 4.98 Å². The highest BCUT2D eigenvalue weighted by atomic mass is 16.3. The molecule has 0 amide bonds. The monoisotopic (exact) mass is 248 g/mol. The van der Waals surface area contributed by atoms with Gasteiger partial charge in [-0.1, -0.05) is 0 Å². The Morgan fingerprint density at radius 3 is 3.00 bits per heavy atom. The number of aliphatic hydroxyl groups excluding tert-OH is 1. The predicted molar refractivity (Wildman–Crippen MR) is 68.7 cm³/mol. The van der Waals surface area contributed by atoms with Crippen LogP contribution in [0.25, 0.3) is 11.2 Å². The summed E-state index contributed by atoms with van der Waals surface area (Å²) in [6.07, 6.45) is 3.91. The van der Waals surface area contributed by atoms with Crippen LogP contribution in [0.3, 0.4) is 0 Å². The number of nitrogens with zero attached hydrogens (tertiary/aromatic N) is 4. The van der Waals surface area contributed by atoms with Gasteiger partial charge < -0.3 is 20.3 Å². The first kappa shape index (κ1) is 11.2. The zero-order valence-corrected chi connectivity index (χ0v) is 10.2. The molecule has 7 nitrogen and oxygen atoms in total. The molecule has 96 valence electrons. The Labute approximate surface area is 104 Å². The van der Waals surface area contributed by atoms with Crippen LogP contribution in [0.4, 0.5) is 11.8 Å². The van der Waals surface area contributed by atoms with Crippen molar-refractivity contribution in [1.82, 2.24) is 19.9 Å². The molecule has 2 aromatic rings. The maximum absolute atomic E-state index is 9.20. The van der Waals surface area contributed by atoms with E-state index in [0.717, 1.165) is 24.2 Å². The fraction of sp³-hybridized carbons (Fsp3) is 0.545. The maximum Gasteiger partial charge on any atom is 0.226 e. The summed E-state index contributed by atoms with van der Waals surface area (Å²) < 4.78 is 0. The van der Waals surface area contributed by atoms with Crippen LogP contribution in [0, 0.1) is 0 Å². The van der Waals surface area contributed by atoms with Crippen molar-refractivity contribution in [3.8, 4) is 0 Å². The Hall–Kier alpha value is -1.89. The molecule has 18 heavy (non-hydrogen) atoms. The minimum atomic E-state index is 0.116. The third kappa shape index (κ3) is 1.86. The number of fused-ring (bicyclic) bond motifs is 1. The lowest BCUT2D eigenvalue weighted by molar-refractivity contribution is 0.301. The Kier molecular flexibility index (Phi) is 2.75. The van der Waals surface area contributed by atoms with Crippen molar-refractivity contribution in [2.75, 3.05) is 30.4 Å². The summed E-state index contributed by atoms with van der Waals surface area (Å²) in [5.74, 6) is 1.37. The van der Waals surface area contributed by atoms with Gasteiger partial charge in [-0.3, -0.25) is 0 Å². The second-order valence-electron chi connectivity index (χ2n) is 4.37. The number of imidazole rings is 1. The Bertz CT molecular complexity index is 549. The van der Waals surface area contributed by atoms with Gasteiger partial charge >= 0.3 is 0 Å². The van der Waals surface area contributed by atoms with Gasteiger partial charge in [0.2, 0.25) is 5.95 Å². The third-order valence-electron chi connectivity index (χ3n) is 3.09. The molecule has 0 saturated heterocycles. The van der Waals surface area contributed by atoms with Crippen LogP contribution in [-0.2, 0) is 0 Å². The summed E-state index contributed by atoms with van der Waals surface area (Å²) in [5.41, 5.74) is 1.47. The molecule has 0 aliphatic heterocycles. The van der Waals surface area contributed by atoms with Crippen LogP contribution in [-0.4, -0.2) is 51.3 Å². The highest BCUT2D eigenvalue weighted by molar-refractivity contribution is 5.84. The van der Waals surface area contributed by atoms with Gasteiger partial charge in [-0.2, -0.15) is 9.97 Å². The van der Waals surface area contributed by atoms with E-state index in [2.05, 4.69) is 30.2 Å². The average Bonchev–Trinajstić information content (AvgIpc) is 3.12. The summed E-state index contributed by atoms with van der Waals surface area (Å²) in [5, 5.41) is 12.1. The van der Waals surface area contributed by atoms with Crippen molar-refractivity contribution >= 4 is 22.9 Å². The van der Waals surface area contributed by atoms with Gasteiger partial charge in [0, 0.05) is 19.6 Å². The lowest BCUT2D eigenvalue weighted by Gasteiger charge is -2.23. The summed E-state index contributed by atoms with van der Waals surface area (Å²) in [6.45, 7) is 0.698. The minimum Gasteiger partial charge on any atom is -0.395 e. The van der Waals surface area contributed by atoms with E-state index in [4.69, 9.17) is 0 Å². The first-order valence-electron chi connectivity index (χ1n) is 6.10. The van der Waals surface area contributed by atoms with Crippen molar-refractivity contribution in [2.24, 2.45) is 0 Å². The topological polar surface area (TPSA) is 90.0 Å². The SMILES string of the molecule is CNc1nc(N(CCO)C2CC2)c2[nH]cnc2n1. The first-order chi connectivity index (χ1) is 8.83. The van der Waals surface area contributed by atoms with E-state index >= 15 is 0 Å². The normalized spacial score (nSPS) is 15.0. The van der Waals surface area contributed by atoms with Gasteiger partial charge in [0.1, 0.15) is 5.52 Å². The van der Waals surface area contributed by atoms with Crippen LogP contribution < -0.4 is 10.2 Å². The molecule has 7 heteroatoms. The number of aliphatic hydroxyl groups is 1. The van der Waals surface area contributed by atoms with E-state index in [9.17, 15) is 5.11 Å². The van der Waals surface area contributed by atoms with Gasteiger partial charge in [0.05, 0.1) is 12.9 Å². The molecule has 3 rings (SSSR count). The van der Waals surface area contributed by atoms with Crippen LogP contribution in [0.15, 0.2) is 6.33 Å². The van der Waals surface area contributed by atoms with E-state index in [1.165, 1.54) is 0 Å². The molecule has 2 aromatic heterocycles. The second kappa shape index (κ2) is 4.41. The van der Waals surface area contributed by atoms with Gasteiger partial charge in [-0.15, -0.1) is 0 Å². The molecule has 1 aliphatic rings. The highest BCUT2D eigenvalue weighted by Gasteiger charge is 2.31. The fourth-order valence-electron chi connectivity index (χ4n) is 2.09. The summed E-state index contributed by atoms with van der Waals surface area (Å²) in [7, 11) is 1.78. The molecular formula is C11H16N6O. The number of rotatable bonds is 5. The number of H-pyrrole nitrogens is 1. The van der Waals surface area contributed by atoms with Crippen molar-refractivity contribution in [3.63, 3.8) is 0 Å². The Balaban J connectivity index is 2.09. The van der Waals surface area contributed by atoms with Crippen molar-refractivity contribution in [3.05, 3.63) is 6.33 Å². The molecule has 3 N–H and O–H groups in total. The molecule has 1 saturated carbocycles. The fourth-order valence-corrected chi connectivity index (χ4v) is 2.09. The largest absolute Gasteiger partial charge is 0.395 e. The van der Waals surface area contributed by atoms with E-state index in [1.807, 2.05) is 0 Å². The number of aromatic amines is 1. The number of aromatic nitrogens is 4. The molecule has 0 radical (unpaired) electrons. The molecule has 0 unspecified atom stereocenters. The van der Waals surface area contributed by atoms with E-state index in [0.29, 0.717) is 24.2 Å². The van der Waals surface area contributed by atoms with E-state index in [1.54, 1.807) is 13.4 Å². The molecule has 2 heterocycles. The molecule has 0 aromatic carbocycles. The van der Waals surface area contributed by atoms with Crippen molar-refractivity contribution < 1.29 is 5.11 Å². The van der Waals surface area contributed by atoms with E-state index < -0.39 is 0 Å². The Morgan fingerprint density at radius 1 is 1.50 bits per heavy atom. The molecular weight excluding hydrogens is 232 g/mol. The Morgan fingerprint density at radius 2 is 2.33 bits per heavy atom. The molecule has 0 bridgehead atoms. The second-order valence-corrected chi connectivity index (χ2v) is 4.37. The number of hydrogen-bond donors (Lipinski definition) is 3. The summed E-state index contributed by atoms with van der Waals surface area (Å²) in [6, 6.07) is 0.475. The summed E-state index contributed by atoms with van der Waals surface area (Å²) in [4.78, 5) is 18.2. The van der Waals surface area contributed by atoms with E-state index in [-0.39, 0.29) is 6.61 Å². The van der Waals surface area contributed by atoms with Crippen LogP contribution in [0.5, 0.6) is 0 Å². The van der Waals surface area contributed by atoms with Crippen LogP contribution in [0.1, 0.15) is 12.8 Å². The van der Waals surface area contributed by atoms with Gasteiger partial charge in [0.15, 0.2) is 11.5 Å². The molecule has 1 aliphatic carbocycles. The average molecular weight is 248 g/mol. The smallest absolute Gasteiger partial charge is 0.226 e. The number of hydrogen-bond acceptors (Lipinski definition) is 6. The zero-order valence-electron chi connectivity index (χ0n) is 10.2. The summed E-state index contributed by atoms with van der Waals surface area (Å²) >= 11 is 0. The quantitative estimate of drug-likeness (QED) is 0.707. The lowest BCUT2D eigenvalue weighted by atomic mass is 10.4. The van der Waals surface area contributed by atoms with Crippen molar-refractivity contribution in [2.45, 2.75) is 18.9 Å². The van der Waals surface area contributed by atoms with Gasteiger partial charge in [-0.05, 0) is 12.8 Å². The van der Waals surface area contributed by atoms with Crippen molar-refractivity contribution in [1.29, 1.82) is 0 Å². The lowest BCUT2D eigenvalue weighted by Crippen LogP contribution is -2.30. The predicted octanol–water partition coefficient (Wildman–Crippen LogP) is 0.356. The minimum absolute atomic E-state index is 0.116. The number of nitrogens with one attached hydrogen (secondary N) is 2. The standard InChI is InChI=1S/C11H16N6O/c1-12-11-15-9-8(13-6-14-9)10(16-11)17(4-5-18)7-2-3-7/h6-7,18H,2-5H2,1H3,(H2,12,13,14,15,16). The molecule has 0 spiro atoms. The molecule has 0 atom stereocenters. The maximum atomic E-state index is 9.20. The first-order valence-corrected chi connectivity index (χ1v) is 6.10. The van der Waals surface area contributed by atoms with Gasteiger partial charge in [0.25, 0.3) is 0 Å². The third-order valence-corrected chi connectivity index (χ3v) is 3.09.